The van der Waals surface area contributed by atoms with Gasteiger partial charge in [-0.15, -0.1) is 0 Å². The minimum atomic E-state index is -0.594. The summed E-state index contributed by atoms with van der Waals surface area (Å²) in [6.45, 7) is 1.74. The molecule has 4 heteroatoms. The molecule has 21 heavy (non-hydrogen) atoms. The molecule has 1 aliphatic rings. The smallest absolute Gasteiger partial charge is 0.0871 e. The number of halogens is 2. The van der Waals surface area contributed by atoms with Crippen molar-refractivity contribution in [1.82, 2.24) is 4.90 Å². The van der Waals surface area contributed by atoms with Crippen LogP contribution in [0.2, 0.25) is 10.0 Å². The first kappa shape index (κ1) is 14.9. The molecule has 1 N–H and O–H groups in total. The maximum Gasteiger partial charge on any atom is 0.0871 e. The summed E-state index contributed by atoms with van der Waals surface area (Å²) in [5, 5.41) is 11.8. The van der Waals surface area contributed by atoms with E-state index in [-0.39, 0.29) is 5.92 Å². The zero-order valence-corrected chi connectivity index (χ0v) is 13.3. The summed E-state index contributed by atoms with van der Waals surface area (Å²) < 4.78 is 0. The Balaban J connectivity index is 1.97. The van der Waals surface area contributed by atoms with Crippen LogP contribution in [-0.2, 0) is 6.54 Å². The van der Waals surface area contributed by atoms with E-state index in [1.54, 1.807) is 12.1 Å². The summed E-state index contributed by atoms with van der Waals surface area (Å²) in [7, 11) is 2.07. The van der Waals surface area contributed by atoms with Crippen LogP contribution in [0.4, 0.5) is 0 Å². The summed E-state index contributed by atoms with van der Waals surface area (Å²) in [5.74, 6) is 0.0391. The van der Waals surface area contributed by atoms with Gasteiger partial charge in [-0.1, -0.05) is 53.5 Å². The fourth-order valence-corrected chi connectivity index (χ4v) is 3.33. The fourth-order valence-electron chi connectivity index (χ4n) is 3.03. The minimum Gasteiger partial charge on any atom is -0.388 e. The second-order valence-electron chi connectivity index (χ2n) is 5.62. The highest BCUT2D eigenvalue weighted by molar-refractivity contribution is 6.42. The Morgan fingerprint density at radius 2 is 1.90 bits per heavy atom. The lowest BCUT2D eigenvalue weighted by atomic mass is 9.83. The maximum absolute atomic E-state index is 10.8. The third-order valence-corrected chi connectivity index (χ3v) is 4.81. The highest BCUT2D eigenvalue weighted by Gasteiger charge is 2.29. The van der Waals surface area contributed by atoms with Gasteiger partial charge in [0.05, 0.1) is 16.1 Å². The van der Waals surface area contributed by atoms with Gasteiger partial charge in [0.15, 0.2) is 0 Å². The molecule has 0 aromatic heterocycles. The van der Waals surface area contributed by atoms with Crippen LogP contribution in [-0.4, -0.2) is 23.6 Å². The maximum atomic E-state index is 10.8. The highest BCUT2D eigenvalue weighted by Crippen LogP contribution is 2.38. The molecule has 2 aromatic rings. The van der Waals surface area contributed by atoms with Crippen molar-refractivity contribution in [3.63, 3.8) is 0 Å². The van der Waals surface area contributed by atoms with Crippen LogP contribution in [0, 0.1) is 0 Å². The molecule has 0 radical (unpaired) electrons. The third kappa shape index (κ3) is 2.95. The van der Waals surface area contributed by atoms with E-state index in [0.29, 0.717) is 10.0 Å². The molecule has 0 fully saturated rings. The molecule has 2 nitrogen and oxygen atoms in total. The van der Waals surface area contributed by atoms with Crippen molar-refractivity contribution in [3.05, 3.63) is 69.2 Å². The molecule has 2 aromatic carbocycles. The lowest BCUT2D eigenvalue weighted by Crippen LogP contribution is -2.33. The predicted octanol–water partition coefficient (Wildman–Crippen LogP) is 4.26. The van der Waals surface area contributed by atoms with Crippen molar-refractivity contribution >= 4 is 23.2 Å². The summed E-state index contributed by atoms with van der Waals surface area (Å²) in [6, 6.07) is 13.6. The molecule has 110 valence electrons. The van der Waals surface area contributed by atoms with Crippen molar-refractivity contribution in [2.24, 2.45) is 0 Å². The van der Waals surface area contributed by atoms with Crippen molar-refractivity contribution in [2.45, 2.75) is 18.6 Å². The van der Waals surface area contributed by atoms with Crippen molar-refractivity contribution in [1.29, 1.82) is 0 Å². The van der Waals surface area contributed by atoms with Gasteiger partial charge in [-0.05, 0) is 35.9 Å². The number of hydrogen-bond acceptors (Lipinski definition) is 2. The van der Waals surface area contributed by atoms with Gasteiger partial charge in [-0.3, -0.25) is 0 Å². The van der Waals surface area contributed by atoms with Gasteiger partial charge < -0.3 is 10.0 Å². The zero-order valence-electron chi connectivity index (χ0n) is 11.8. The average Bonchev–Trinajstić information content (AvgIpc) is 2.48. The molecule has 1 heterocycles. The molecule has 2 unspecified atom stereocenters. The van der Waals surface area contributed by atoms with Crippen LogP contribution < -0.4 is 0 Å². The molecular formula is C17H17Cl2NO. The normalized spacial score (nSPS) is 20.1. The Labute approximate surface area is 134 Å². The molecule has 2 atom stereocenters. The fraction of sp³-hybridized carbons (Fsp3) is 0.294. The second-order valence-corrected chi connectivity index (χ2v) is 6.43. The first-order valence-electron chi connectivity index (χ1n) is 6.95. The standard InChI is InChI=1S/C17H17Cl2NO/c1-20-9-12-4-2-3-5-13(12)14(10-20)17(21)11-6-7-15(18)16(19)8-11/h2-8,14,17,21H,9-10H2,1H3. The van der Waals surface area contributed by atoms with Crippen LogP contribution in [0.1, 0.15) is 28.7 Å². The van der Waals surface area contributed by atoms with Crippen LogP contribution in [0.3, 0.4) is 0 Å². The van der Waals surface area contributed by atoms with Gasteiger partial charge in [0.25, 0.3) is 0 Å². The number of hydrogen-bond donors (Lipinski definition) is 1. The van der Waals surface area contributed by atoms with E-state index in [9.17, 15) is 5.11 Å². The topological polar surface area (TPSA) is 23.5 Å². The number of nitrogens with zero attached hydrogens (tertiary/aromatic N) is 1. The summed E-state index contributed by atoms with van der Waals surface area (Å²) >= 11 is 12.0. The third-order valence-electron chi connectivity index (χ3n) is 4.07. The van der Waals surface area contributed by atoms with Gasteiger partial charge >= 0.3 is 0 Å². The van der Waals surface area contributed by atoms with E-state index < -0.39 is 6.10 Å². The second kappa shape index (κ2) is 5.98. The molecule has 0 spiro atoms. The molecule has 0 saturated carbocycles. The molecule has 0 saturated heterocycles. The SMILES string of the molecule is CN1Cc2ccccc2C(C(O)c2ccc(Cl)c(Cl)c2)C1. The number of aliphatic hydroxyl groups excluding tert-OH is 1. The monoisotopic (exact) mass is 321 g/mol. The van der Waals surface area contributed by atoms with E-state index in [0.717, 1.165) is 18.7 Å². The zero-order chi connectivity index (χ0) is 15.0. The molecular weight excluding hydrogens is 305 g/mol. The Kier molecular flexibility index (Phi) is 4.23. The number of likely N-dealkylation sites (N-methyl/N-ethyl adjacent to an activating group) is 1. The number of aliphatic hydroxyl groups is 1. The largest absolute Gasteiger partial charge is 0.388 e. The van der Waals surface area contributed by atoms with Gasteiger partial charge in [-0.25, -0.2) is 0 Å². The van der Waals surface area contributed by atoms with Crippen LogP contribution in [0.15, 0.2) is 42.5 Å². The summed E-state index contributed by atoms with van der Waals surface area (Å²) in [5.41, 5.74) is 3.30. The van der Waals surface area contributed by atoms with Gasteiger partial charge in [0, 0.05) is 19.0 Å². The van der Waals surface area contributed by atoms with E-state index >= 15 is 0 Å². The van der Waals surface area contributed by atoms with Crippen LogP contribution in [0.5, 0.6) is 0 Å². The lowest BCUT2D eigenvalue weighted by Gasteiger charge is -2.35. The van der Waals surface area contributed by atoms with Crippen LogP contribution >= 0.6 is 23.2 Å². The minimum absolute atomic E-state index is 0.0391. The Hall–Kier alpha value is -1.06. The summed E-state index contributed by atoms with van der Waals surface area (Å²) in [4.78, 5) is 2.23. The molecule has 1 aliphatic heterocycles. The predicted molar refractivity (Wildman–Crippen MR) is 86.9 cm³/mol. The van der Waals surface area contributed by atoms with Crippen molar-refractivity contribution in [2.75, 3.05) is 13.6 Å². The van der Waals surface area contributed by atoms with E-state index in [1.165, 1.54) is 11.1 Å². The highest BCUT2D eigenvalue weighted by atomic mass is 35.5. The number of fused-ring (bicyclic) bond motifs is 1. The quantitative estimate of drug-likeness (QED) is 0.893. The lowest BCUT2D eigenvalue weighted by molar-refractivity contribution is 0.113. The number of benzene rings is 2. The van der Waals surface area contributed by atoms with Gasteiger partial charge in [-0.2, -0.15) is 0 Å². The van der Waals surface area contributed by atoms with Crippen molar-refractivity contribution < 1.29 is 5.11 Å². The average molecular weight is 322 g/mol. The van der Waals surface area contributed by atoms with E-state index in [4.69, 9.17) is 23.2 Å². The molecule has 0 amide bonds. The van der Waals surface area contributed by atoms with Gasteiger partial charge in [0.2, 0.25) is 0 Å². The van der Waals surface area contributed by atoms with E-state index in [1.807, 2.05) is 18.2 Å². The summed E-state index contributed by atoms with van der Waals surface area (Å²) in [6.07, 6.45) is -0.594. The Morgan fingerprint density at radius 1 is 1.14 bits per heavy atom. The molecule has 3 rings (SSSR count). The van der Waals surface area contributed by atoms with E-state index in [2.05, 4.69) is 24.1 Å². The molecule has 0 bridgehead atoms. The Bertz CT molecular complexity index is 659. The first-order chi connectivity index (χ1) is 10.1. The first-order valence-corrected chi connectivity index (χ1v) is 7.71. The number of rotatable bonds is 2. The van der Waals surface area contributed by atoms with Crippen molar-refractivity contribution in [3.8, 4) is 0 Å². The Morgan fingerprint density at radius 3 is 2.67 bits per heavy atom. The molecule has 0 aliphatic carbocycles. The van der Waals surface area contributed by atoms with Gasteiger partial charge in [0.1, 0.15) is 0 Å². The van der Waals surface area contributed by atoms with Crippen LogP contribution in [0.25, 0.3) is 0 Å².